The monoisotopic (exact) mass is 239 g/mol. The lowest BCUT2D eigenvalue weighted by Crippen LogP contribution is -2.03. The first-order valence-electron chi connectivity index (χ1n) is 6.99. The van der Waals surface area contributed by atoms with Gasteiger partial charge in [-0.15, -0.1) is 0 Å². The first-order valence-corrected chi connectivity index (χ1v) is 6.99. The maximum absolute atomic E-state index is 3.63. The van der Waals surface area contributed by atoms with Crippen molar-refractivity contribution >= 4 is 10.8 Å². The molecule has 0 aromatic heterocycles. The SMILES string of the molecule is CC(C)Cc1[c]c2ccccc2cc1CC(C)C. The molecule has 0 spiro atoms. The Morgan fingerprint density at radius 2 is 1.61 bits per heavy atom. The van der Waals surface area contributed by atoms with Gasteiger partial charge in [-0.25, -0.2) is 0 Å². The third kappa shape index (κ3) is 3.13. The van der Waals surface area contributed by atoms with Crippen LogP contribution >= 0.6 is 0 Å². The number of hydrogen-bond donors (Lipinski definition) is 0. The summed E-state index contributed by atoms with van der Waals surface area (Å²) in [5.41, 5.74) is 2.90. The summed E-state index contributed by atoms with van der Waals surface area (Å²) < 4.78 is 0. The van der Waals surface area contributed by atoms with Crippen LogP contribution in [0.15, 0.2) is 30.3 Å². The minimum Gasteiger partial charge on any atom is -0.0625 e. The number of fused-ring (bicyclic) bond motifs is 1. The molecular weight excluding hydrogens is 216 g/mol. The van der Waals surface area contributed by atoms with Crippen molar-refractivity contribution in [2.75, 3.05) is 0 Å². The van der Waals surface area contributed by atoms with Gasteiger partial charge < -0.3 is 0 Å². The molecule has 0 unspecified atom stereocenters. The molecule has 95 valence electrons. The molecule has 2 aromatic carbocycles. The zero-order valence-electron chi connectivity index (χ0n) is 12.0. The van der Waals surface area contributed by atoms with E-state index in [-0.39, 0.29) is 0 Å². The molecule has 0 aliphatic rings. The summed E-state index contributed by atoms with van der Waals surface area (Å²) in [6.07, 6.45) is 2.29. The smallest absolute Gasteiger partial charge is 0.00613 e. The molecule has 18 heavy (non-hydrogen) atoms. The van der Waals surface area contributed by atoms with Crippen LogP contribution in [0, 0.1) is 17.9 Å². The molecule has 0 fully saturated rings. The molecule has 0 saturated heterocycles. The van der Waals surface area contributed by atoms with Gasteiger partial charge in [0.2, 0.25) is 0 Å². The Labute approximate surface area is 111 Å². The lowest BCUT2D eigenvalue weighted by Gasteiger charge is -2.14. The minimum atomic E-state index is 0.688. The van der Waals surface area contributed by atoms with Crippen molar-refractivity contribution in [3.05, 3.63) is 47.5 Å². The summed E-state index contributed by atoms with van der Waals surface area (Å²) in [6, 6.07) is 14.6. The Morgan fingerprint density at radius 3 is 2.28 bits per heavy atom. The average molecular weight is 239 g/mol. The van der Waals surface area contributed by atoms with Gasteiger partial charge in [-0.05, 0) is 52.6 Å². The van der Waals surface area contributed by atoms with Crippen LogP contribution in [0.4, 0.5) is 0 Å². The van der Waals surface area contributed by atoms with Crippen LogP contribution < -0.4 is 0 Å². The van der Waals surface area contributed by atoms with E-state index in [0.717, 1.165) is 12.8 Å². The number of hydrogen-bond acceptors (Lipinski definition) is 0. The third-order valence-electron chi connectivity index (χ3n) is 3.20. The Bertz CT molecular complexity index is 472. The third-order valence-corrected chi connectivity index (χ3v) is 3.20. The highest BCUT2D eigenvalue weighted by molar-refractivity contribution is 5.83. The second-order valence-electron chi connectivity index (χ2n) is 6.06. The average Bonchev–Trinajstić information content (AvgIpc) is 2.28. The fraction of sp³-hybridized carbons (Fsp3) is 0.444. The van der Waals surface area contributed by atoms with Crippen LogP contribution in [0.5, 0.6) is 0 Å². The Balaban J connectivity index is 2.48. The van der Waals surface area contributed by atoms with Gasteiger partial charge in [0.25, 0.3) is 0 Å². The van der Waals surface area contributed by atoms with Gasteiger partial charge in [0, 0.05) is 0 Å². The molecule has 0 saturated carbocycles. The molecule has 0 N–H and O–H groups in total. The number of benzene rings is 2. The standard InChI is InChI=1S/C18H23/c1-13(2)9-17-11-15-7-5-6-8-16(15)12-18(17)10-14(3)4/h5-8,11,13-14H,9-10H2,1-4H3. The molecule has 0 atom stereocenters. The summed E-state index contributed by atoms with van der Waals surface area (Å²) in [5, 5.41) is 2.57. The van der Waals surface area contributed by atoms with Crippen molar-refractivity contribution in [1.29, 1.82) is 0 Å². The van der Waals surface area contributed by atoms with Gasteiger partial charge >= 0.3 is 0 Å². The summed E-state index contributed by atoms with van der Waals surface area (Å²) in [6.45, 7) is 9.13. The summed E-state index contributed by atoms with van der Waals surface area (Å²) in [4.78, 5) is 0. The van der Waals surface area contributed by atoms with Crippen molar-refractivity contribution in [1.82, 2.24) is 0 Å². The predicted molar refractivity (Wildman–Crippen MR) is 79.9 cm³/mol. The van der Waals surface area contributed by atoms with Gasteiger partial charge in [-0.3, -0.25) is 0 Å². The van der Waals surface area contributed by atoms with Gasteiger partial charge in [0.05, 0.1) is 0 Å². The predicted octanol–water partition coefficient (Wildman–Crippen LogP) is 5.04. The minimum absolute atomic E-state index is 0.688. The van der Waals surface area contributed by atoms with Crippen LogP contribution in [0.25, 0.3) is 10.8 Å². The van der Waals surface area contributed by atoms with E-state index in [1.807, 2.05) is 0 Å². The van der Waals surface area contributed by atoms with Crippen LogP contribution in [0.3, 0.4) is 0 Å². The summed E-state index contributed by atoms with van der Waals surface area (Å²) >= 11 is 0. The van der Waals surface area contributed by atoms with E-state index in [9.17, 15) is 0 Å². The van der Waals surface area contributed by atoms with Gasteiger partial charge in [0.1, 0.15) is 0 Å². The molecule has 1 radical (unpaired) electrons. The lowest BCUT2D eigenvalue weighted by molar-refractivity contribution is 0.616. The van der Waals surface area contributed by atoms with Crippen LogP contribution in [0.2, 0.25) is 0 Å². The zero-order valence-corrected chi connectivity index (χ0v) is 12.0. The van der Waals surface area contributed by atoms with E-state index in [0.29, 0.717) is 11.8 Å². The largest absolute Gasteiger partial charge is 0.0625 e. The maximum Gasteiger partial charge on any atom is -0.00613 e. The van der Waals surface area contributed by atoms with Gasteiger partial charge in [0.15, 0.2) is 0 Å². The Hall–Kier alpha value is -1.30. The van der Waals surface area contributed by atoms with E-state index in [1.165, 1.54) is 21.9 Å². The van der Waals surface area contributed by atoms with Crippen LogP contribution in [0.1, 0.15) is 38.8 Å². The van der Waals surface area contributed by atoms with Crippen molar-refractivity contribution in [2.45, 2.75) is 40.5 Å². The van der Waals surface area contributed by atoms with Crippen molar-refractivity contribution in [3.63, 3.8) is 0 Å². The molecular formula is C18H23. The Morgan fingerprint density at radius 1 is 0.944 bits per heavy atom. The molecule has 0 heterocycles. The second kappa shape index (κ2) is 5.56. The van der Waals surface area contributed by atoms with E-state index in [2.05, 4.69) is 64.1 Å². The summed E-state index contributed by atoms with van der Waals surface area (Å²) in [5.74, 6) is 1.39. The van der Waals surface area contributed by atoms with Gasteiger partial charge in [-0.2, -0.15) is 0 Å². The highest BCUT2D eigenvalue weighted by atomic mass is 14.1. The normalized spacial score (nSPS) is 11.7. The first kappa shape index (κ1) is 13.1. The maximum atomic E-state index is 3.63. The first-order chi connectivity index (χ1) is 8.56. The van der Waals surface area contributed by atoms with Crippen LogP contribution in [-0.4, -0.2) is 0 Å². The highest BCUT2D eigenvalue weighted by Crippen LogP contribution is 2.24. The second-order valence-corrected chi connectivity index (χ2v) is 6.06. The molecule has 2 rings (SSSR count). The molecule has 2 aromatic rings. The lowest BCUT2D eigenvalue weighted by atomic mass is 9.90. The molecule has 0 aliphatic carbocycles. The molecule has 0 heteroatoms. The van der Waals surface area contributed by atoms with E-state index < -0.39 is 0 Å². The van der Waals surface area contributed by atoms with Crippen LogP contribution in [-0.2, 0) is 12.8 Å². The molecule has 0 aliphatic heterocycles. The van der Waals surface area contributed by atoms with Crippen molar-refractivity contribution in [2.24, 2.45) is 11.8 Å². The van der Waals surface area contributed by atoms with E-state index in [1.54, 1.807) is 0 Å². The fourth-order valence-corrected chi connectivity index (χ4v) is 2.47. The molecule has 0 bridgehead atoms. The van der Waals surface area contributed by atoms with E-state index in [4.69, 9.17) is 0 Å². The summed E-state index contributed by atoms with van der Waals surface area (Å²) in [7, 11) is 0. The highest BCUT2D eigenvalue weighted by Gasteiger charge is 2.09. The van der Waals surface area contributed by atoms with Crippen molar-refractivity contribution in [3.8, 4) is 0 Å². The number of rotatable bonds is 4. The van der Waals surface area contributed by atoms with E-state index >= 15 is 0 Å². The topological polar surface area (TPSA) is 0 Å². The fourth-order valence-electron chi connectivity index (χ4n) is 2.47. The molecule has 0 amide bonds. The van der Waals surface area contributed by atoms with Crippen molar-refractivity contribution < 1.29 is 0 Å². The zero-order chi connectivity index (χ0) is 13.1. The molecule has 0 nitrogen and oxygen atoms in total. The quantitative estimate of drug-likeness (QED) is 0.701. The Kier molecular flexibility index (Phi) is 4.06. The van der Waals surface area contributed by atoms with Gasteiger partial charge in [-0.1, -0.05) is 58.0 Å².